The maximum atomic E-state index is 14.9. The molecular weight excluding hydrogens is 753 g/mol. The molecule has 2 N–H and O–H groups in total. The molecule has 7 aliphatic rings. The molecule has 1 unspecified atom stereocenters. The fourth-order valence-electron chi connectivity index (χ4n) is 10.4. The summed E-state index contributed by atoms with van der Waals surface area (Å²) in [6, 6.07) is 5.88. The number of likely N-dealkylation sites (N-methyl/N-ethyl adjacent to an activating group) is 1. The molecule has 3 aromatic rings. The van der Waals surface area contributed by atoms with Crippen LogP contribution in [0, 0.1) is 25.2 Å². The van der Waals surface area contributed by atoms with Crippen molar-refractivity contribution in [1.82, 2.24) is 15.1 Å². The number of aromatic hydroxyl groups is 1. The average Bonchev–Trinajstić information content (AvgIpc) is 3.68. The number of piperazine rings is 1. The van der Waals surface area contributed by atoms with Crippen LogP contribution in [-0.2, 0) is 32.7 Å². The van der Waals surface area contributed by atoms with E-state index >= 15 is 0 Å². The molecule has 3 aromatic carbocycles. The van der Waals surface area contributed by atoms with Crippen molar-refractivity contribution in [1.29, 1.82) is 5.26 Å². The summed E-state index contributed by atoms with van der Waals surface area (Å²) < 4.78 is 42.5. The number of nitrogens with zero attached hydrogens (tertiary/aromatic N) is 3. The minimum atomic E-state index is -1.31. The second-order valence-electron chi connectivity index (χ2n) is 15.5. The summed E-state index contributed by atoms with van der Waals surface area (Å²) in [5, 5.41) is 26.3. The van der Waals surface area contributed by atoms with Crippen molar-refractivity contribution in [2.75, 3.05) is 53.6 Å². The summed E-state index contributed by atoms with van der Waals surface area (Å²) in [5.74, 6) is 2.06. The Bertz CT molecular complexity index is 2260. The van der Waals surface area contributed by atoms with Gasteiger partial charge in [0.2, 0.25) is 6.79 Å². The summed E-state index contributed by atoms with van der Waals surface area (Å²) in [7, 11) is 5.13. The number of phenolic OH excluding ortho intramolecular Hbond substituents is 1. The second-order valence-corrected chi connectivity index (χ2v) is 16.6. The highest BCUT2D eigenvalue weighted by Crippen LogP contribution is 2.64. The summed E-state index contributed by atoms with van der Waals surface area (Å²) in [4.78, 5) is 32.3. The summed E-state index contributed by atoms with van der Waals surface area (Å²) in [6.07, 6.45) is 1.15. The Morgan fingerprint density at radius 1 is 1.07 bits per heavy atom. The van der Waals surface area contributed by atoms with Gasteiger partial charge in [0.1, 0.15) is 18.4 Å². The largest absolute Gasteiger partial charge is 0.504 e. The summed E-state index contributed by atoms with van der Waals surface area (Å²) in [5.41, 5.74) is 4.82. The van der Waals surface area contributed by atoms with Crippen LogP contribution in [-0.4, -0.2) is 98.5 Å². The van der Waals surface area contributed by atoms with E-state index in [4.69, 9.17) is 33.2 Å². The van der Waals surface area contributed by atoms with Crippen LogP contribution in [0.3, 0.4) is 0 Å². The zero-order valence-electron chi connectivity index (χ0n) is 33.0. The molecular formula is C42H46N4O10S. The first kappa shape index (κ1) is 37.7. The lowest BCUT2D eigenvalue weighted by Crippen LogP contribution is -2.69. The van der Waals surface area contributed by atoms with Crippen LogP contribution >= 0.6 is 11.8 Å². The van der Waals surface area contributed by atoms with Crippen LogP contribution in [0.15, 0.2) is 18.2 Å². The molecule has 15 heteroatoms. The molecule has 300 valence electrons. The van der Waals surface area contributed by atoms with E-state index in [1.807, 2.05) is 40.0 Å². The lowest BCUT2D eigenvalue weighted by atomic mass is 9.71. The third-order valence-electron chi connectivity index (χ3n) is 12.7. The third-order valence-corrected chi connectivity index (χ3v) is 14.2. The molecule has 0 aromatic heterocycles. The zero-order valence-corrected chi connectivity index (χ0v) is 33.8. The molecule has 7 atom stereocenters. The molecule has 0 radical (unpaired) electrons. The van der Waals surface area contributed by atoms with E-state index in [1.165, 1.54) is 18.7 Å². The lowest BCUT2D eigenvalue weighted by Gasteiger charge is -2.62. The van der Waals surface area contributed by atoms with Crippen LogP contribution < -0.4 is 33.7 Å². The lowest BCUT2D eigenvalue weighted by molar-refractivity contribution is -0.157. The van der Waals surface area contributed by atoms with Crippen molar-refractivity contribution in [3.8, 4) is 46.3 Å². The topological polar surface area (TPSA) is 161 Å². The standard InChI is InChI=1S/C42H46N4O10S/c1-8-52-29-13-22-9-10-44-42(24(22)14-28(29)50-6)17-57-40-32-31(39-38(54-18-55-39)20(3)37(32)56-21(4)47)27(16-53-41(42)49)46-26(15-43)25-12-23-11-19(2)36(51-7)35(48)30(23)33(34(40)46)45(25)5/h11,13-14,25-27,33-34,40,44,48H,8-10,12,16-18H2,1-7H3/t25-,26+,27+,33+,34?,40-,42-/m1/s1. The smallest absolute Gasteiger partial charge is 0.331 e. The number of fused-ring (bicyclic) bond motifs is 9. The zero-order chi connectivity index (χ0) is 40.1. The minimum Gasteiger partial charge on any atom is -0.504 e. The van der Waals surface area contributed by atoms with Crippen LogP contribution in [0.5, 0.6) is 40.2 Å². The second kappa shape index (κ2) is 13.9. The van der Waals surface area contributed by atoms with E-state index in [1.54, 1.807) is 14.2 Å². The van der Waals surface area contributed by atoms with Crippen LogP contribution in [0.1, 0.15) is 75.7 Å². The number of nitriles is 1. The fourth-order valence-corrected chi connectivity index (χ4v) is 12.1. The molecule has 0 amide bonds. The normalized spacial score (nSPS) is 28.3. The Kier molecular flexibility index (Phi) is 9.19. The Balaban J connectivity index is 1.32. The molecule has 57 heavy (non-hydrogen) atoms. The van der Waals surface area contributed by atoms with Crippen LogP contribution in [0.4, 0.5) is 0 Å². The highest BCUT2D eigenvalue weighted by molar-refractivity contribution is 7.99. The number of hydrogen-bond donors (Lipinski definition) is 2. The predicted molar refractivity (Wildman–Crippen MR) is 207 cm³/mol. The van der Waals surface area contributed by atoms with Gasteiger partial charge in [-0.2, -0.15) is 5.26 Å². The number of esters is 2. The van der Waals surface area contributed by atoms with E-state index in [-0.39, 0.29) is 30.9 Å². The molecule has 4 bridgehead atoms. The number of aryl methyl sites for hydroxylation is 1. The van der Waals surface area contributed by atoms with E-state index in [2.05, 4.69) is 27.3 Å². The molecule has 14 nitrogen and oxygen atoms in total. The van der Waals surface area contributed by atoms with E-state index in [9.17, 15) is 20.0 Å². The molecule has 7 aliphatic heterocycles. The fraction of sp³-hybridized carbons (Fsp3) is 0.500. The van der Waals surface area contributed by atoms with E-state index in [0.717, 1.165) is 27.8 Å². The van der Waals surface area contributed by atoms with Gasteiger partial charge >= 0.3 is 11.9 Å². The van der Waals surface area contributed by atoms with Gasteiger partial charge in [0.25, 0.3) is 0 Å². The number of nitrogens with one attached hydrogen (secondary N) is 1. The molecule has 7 heterocycles. The number of carbonyl (C=O) groups excluding carboxylic acids is 2. The number of hydrogen-bond acceptors (Lipinski definition) is 15. The van der Waals surface area contributed by atoms with Gasteiger partial charge < -0.3 is 38.3 Å². The van der Waals surface area contributed by atoms with Gasteiger partial charge in [-0.1, -0.05) is 6.07 Å². The van der Waals surface area contributed by atoms with Crippen molar-refractivity contribution in [2.24, 2.45) is 0 Å². The summed E-state index contributed by atoms with van der Waals surface area (Å²) >= 11 is 1.52. The first-order chi connectivity index (χ1) is 27.5. The molecule has 2 saturated heterocycles. The van der Waals surface area contributed by atoms with Gasteiger partial charge in [-0.05, 0) is 75.0 Å². The van der Waals surface area contributed by atoms with Crippen molar-refractivity contribution in [3.05, 3.63) is 62.7 Å². The Hall–Kier alpha value is -4.88. The molecule has 0 aliphatic carbocycles. The number of benzene rings is 3. The SMILES string of the molecule is CCOc1cc2c(cc1OC)[C@@]1(CS[C@@H]3c4c(OC(C)=O)c(C)c5c(c4[C@H](COC1=O)N1C3[C@@H]3c4c(cc(C)c(OC)c4O)C[C@H]([C@@H]1C#N)N3C)OCO5)NCC2. The Morgan fingerprint density at radius 3 is 2.58 bits per heavy atom. The van der Waals surface area contributed by atoms with Crippen LogP contribution in [0.25, 0.3) is 0 Å². The van der Waals surface area contributed by atoms with E-state index in [0.29, 0.717) is 77.2 Å². The number of thioether (sulfide) groups is 1. The molecule has 10 rings (SSSR count). The number of carbonyl (C=O) groups is 2. The van der Waals surface area contributed by atoms with Crippen molar-refractivity contribution in [3.63, 3.8) is 0 Å². The number of methoxy groups -OCH3 is 2. The minimum absolute atomic E-state index is 0.0503. The monoisotopic (exact) mass is 798 g/mol. The van der Waals surface area contributed by atoms with E-state index < -0.39 is 46.9 Å². The molecule has 1 spiro atoms. The number of ether oxygens (including phenoxy) is 7. The molecule has 0 saturated carbocycles. The average molecular weight is 799 g/mol. The highest BCUT2D eigenvalue weighted by atomic mass is 32.2. The third kappa shape index (κ3) is 5.33. The van der Waals surface area contributed by atoms with Crippen molar-refractivity contribution in [2.45, 2.75) is 81.5 Å². The van der Waals surface area contributed by atoms with Gasteiger partial charge in [0.15, 0.2) is 40.0 Å². The van der Waals surface area contributed by atoms with Crippen LogP contribution in [0.2, 0.25) is 0 Å². The maximum absolute atomic E-state index is 14.9. The first-order valence-corrected chi connectivity index (χ1v) is 20.3. The van der Waals surface area contributed by atoms with Gasteiger partial charge in [-0.15, -0.1) is 11.8 Å². The Morgan fingerprint density at radius 2 is 1.86 bits per heavy atom. The Labute approximate surface area is 335 Å². The number of rotatable bonds is 5. The van der Waals surface area contributed by atoms with Gasteiger partial charge in [-0.3, -0.25) is 19.9 Å². The molecule has 2 fully saturated rings. The van der Waals surface area contributed by atoms with Crippen molar-refractivity contribution < 1.29 is 47.9 Å². The highest BCUT2D eigenvalue weighted by Gasteiger charge is 2.62. The number of phenols is 1. The van der Waals surface area contributed by atoms with Gasteiger partial charge in [0, 0.05) is 53.6 Å². The maximum Gasteiger partial charge on any atom is 0.331 e. The van der Waals surface area contributed by atoms with Crippen molar-refractivity contribution >= 4 is 23.7 Å². The first-order valence-electron chi connectivity index (χ1n) is 19.3. The van der Waals surface area contributed by atoms with Gasteiger partial charge in [0.05, 0.1) is 44.2 Å². The summed E-state index contributed by atoms with van der Waals surface area (Å²) in [6.45, 7) is 7.78. The van der Waals surface area contributed by atoms with Gasteiger partial charge in [-0.25, -0.2) is 4.79 Å². The quantitative estimate of drug-likeness (QED) is 0.270. The predicted octanol–water partition coefficient (Wildman–Crippen LogP) is 4.68.